The van der Waals surface area contributed by atoms with Crippen LogP contribution in [-0.2, 0) is 4.79 Å². The molecule has 1 spiro atoms. The second kappa shape index (κ2) is 4.10. The lowest BCUT2D eigenvalue weighted by atomic mass is 9.84. The van der Waals surface area contributed by atoms with E-state index in [0.717, 1.165) is 45.3 Å². The topological polar surface area (TPSA) is 60.8 Å². The first kappa shape index (κ1) is 10.9. The molecule has 4 nitrogen and oxygen atoms in total. The Bertz CT molecular complexity index is 256. The molecule has 0 radical (unpaired) electrons. The average molecular weight is 213 g/mol. The summed E-state index contributed by atoms with van der Waals surface area (Å²) in [4.78, 5) is 13.1. The number of carbonyl (C=O) groups is 1. The van der Waals surface area contributed by atoms with E-state index >= 15 is 0 Å². The van der Waals surface area contributed by atoms with Gasteiger partial charge in [-0.1, -0.05) is 0 Å². The van der Waals surface area contributed by atoms with E-state index in [1.165, 1.54) is 0 Å². The van der Waals surface area contributed by atoms with Crippen molar-refractivity contribution >= 4 is 5.97 Å². The average Bonchev–Trinajstić information content (AvgIpc) is 2.76. The molecule has 15 heavy (non-hydrogen) atoms. The zero-order chi connectivity index (χ0) is 10.9. The highest BCUT2D eigenvalue weighted by molar-refractivity contribution is 5.70. The lowest BCUT2D eigenvalue weighted by Crippen LogP contribution is -2.28. The van der Waals surface area contributed by atoms with E-state index in [0.29, 0.717) is 0 Å². The molecule has 1 saturated heterocycles. The van der Waals surface area contributed by atoms with Gasteiger partial charge in [0.1, 0.15) is 0 Å². The summed E-state index contributed by atoms with van der Waals surface area (Å²) >= 11 is 0. The third kappa shape index (κ3) is 2.16. The molecule has 1 aliphatic carbocycles. The van der Waals surface area contributed by atoms with E-state index in [1.807, 2.05) is 0 Å². The maximum absolute atomic E-state index is 10.9. The molecule has 2 atom stereocenters. The van der Waals surface area contributed by atoms with Crippen LogP contribution in [0.15, 0.2) is 0 Å². The summed E-state index contributed by atoms with van der Waals surface area (Å²) in [5.41, 5.74) is 0.248. The van der Waals surface area contributed by atoms with Gasteiger partial charge in [-0.2, -0.15) is 0 Å². The van der Waals surface area contributed by atoms with Crippen LogP contribution in [0.4, 0.5) is 0 Å². The second-order valence-electron chi connectivity index (χ2n) is 5.03. The van der Waals surface area contributed by atoms with Crippen LogP contribution in [0.5, 0.6) is 0 Å². The van der Waals surface area contributed by atoms with Gasteiger partial charge in [-0.15, -0.1) is 0 Å². The molecule has 0 aromatic heterocycles. The Kier molecular flexibility index (Phi) is 2.98. The van der Waals surface area contributed by atoms with Crippen LogP contribution in [0.1, 0.15) is 25.7 Å². The van der Waals surface area contributed by atoms with Crippen molar-refractivity contribution in [3.05, 3.63) is 0 Å². The summed E-state index contributed by atoms with van der Waals surface area (Å²) in [7, 11) is 0. The molecule has 2 unspecified atom stereocenters. The number of aliphatic hydroxyl groups excluding tert-OH is 1. The van der Waals surface area contributed by atoms with Gasteiger partial charge in [-0.05, 0) is 37.6 Å². The van der Waals surface area contributed by atoms with E-state index in [2.05, 4.69) is 4.90 Å². The number of aliphatic hydroxyl groups is 1. The van der Waals surface area contributed by atoms with Crippen LogP contribution < -0.4 is 0 Å². The van der Waals surface area contributed by atoms with Crippen molar-refractivity contribution in [2.45, 2.75) is 25.7 Å². The standard InChI is InChI=1S/C11H19NO3/c13-6-5-12-4-3-11(8-12)2-1-9(7-11)10(14)15/h9,13H,1-8H2,(H,14,15). The third-order valence-electron chi connectivity index (χ3n) is 3.99. The van der Waals surface area contributed by atoms with Crippen LogP contribution in [0.3, 0.4) is 0 Å². The first-order valence-electron chi connectivity index (χ1n) is 5.71. The number of carboxylic acids is 1. The first-order chi connectivity index (χ1) is 7.15. The molecular weight excluding hydrogens is 194 g/mol. The summed E-state index contributed by atoms with van der Waals surface area (Å²) in [6, 6.07) is 0. The van der Waals surface area contributed by atoms with Crippen LogP contribution in [0.25, 0.3) is 0 Å². The molecule has 4 heteroatoms. The lowest BCUT2D eigenvalue weighted by molar-refractivity contribution is -0.141. The smallest absolute Gasteiger partial charge is 0.306 e. The summed E-state index contributed by atoms with van der Waals surface area (Å²) < 4.78 is 0. The van der Waals surface area contributed by atoms with Crippen molar-refractivity contribution in [1.82, 2.24) is 4.90 Å². The van der Waals surface area contributed by atoms with Crippen LogP contribution in [-0.4, -0.2) is 47.3 Å². The molecule has 2 N–H and O–H groups in total. The van der Waals surface area contributed by atoms with Crippen molar-refractivity contribution in [2.75, 3.05) is 26.2 Å². The minimum absolute atomic E-state index is 0.126. The quantitative estimate of drug-likeness (QED) is 0.719. The van der Waals surface area contributed by atoms with Crippen molar-refractivity contribution in [2.24, 2.45) is 11.3 Å². The Morgan fingerprint density at radius 2 is 2.27 bits per heavy atom. The molecule has 1 heterocycles. The van der Waals surface area contributed by atoms with E-state index in [4.69, 9.17) is 10.2 Å². The van der Waals surface area contributed by atoms with Gasteiger partial charge in [-0.25, -0.2) is 0 Å². The maximum Gasteiger partial charge on any atom is 0.306 e. The van der Waals surface area contributed by atoms with E-state index < -0.39 is 5.97 Å². The fourth-order valence-corrected chi connectivity index (χ4v) is 3.15. The molecule has 86 valence electrons. The Labute approximate surface area is 89.9 Å². The highest BCUT2D eigenvalue weighted by Gasteiger charge is 2.45. The number of rotatable bonds is 3. The zero-order valence-electron chi connectivity index (χ0n) is 8.98. The summed E-state index contributed by atoms with van der Waals surface area (Å²) in [5, 5.41) is 17.8. The van der Waals surface area contributed by atoms with Crippen molar-refractivity contribution in [3.8, 4) is 0 Å². The normalized spacial score (nSPS) is 36.5. The summed E-state index contributed by atoms with van der Waals surface area (Å²) in [6.45, 7) is 2.95. The van der Waals surface area contributed by atoms with Gasteiger partial charge >= 0.3 is 5.97 Å². The molecule has 0 aromatic rings. The largest absolute Gasteiger partial charge is 0.481 e. The van der Waals surface area contributed by atoms with E-state index in [1.54, 1.807) is 0 Å². The second-order valence-corrected chi connectivity index (χ2v) is 5.03. The van der Waals surface area contributed by atoms with Gasteiger partial charge in [0.15, 0.2) is 0 Å². The molecule has 0 bridgehead atoms. The fourth-order valence-electron chi connectivity index (χ4n) is 3.15. The summed E-state index contributed by atoms with van der Waals surface area (Å²) in [5.74, 6) is -0.758. The van der Waals surface area contributed by atoms with E-state index in [9.17, 15) is 4.79 Å². The van der Waals surface area contributed by atoms with Gasteiger partial charge in [-0.3, -0.25) is 4.79 Å². The van der Waals surface area contributed by atoms with Gasteiger partial charge in [0.05, 0.1) is 12.5 Å². The molecule has 1 aliphatic heterocycles. The zero-order valence-corrected chi connectivity index (χ0v) is 8.98. The van der Waals surface area contributed by atoms with Gasteiger partial charge in [0, 0.05) is 13.1 Å². The molecule has 2 rings (SSSR count). The molecule has 2 aliphatic rings. The number of aliphatic carboxylic acids is 1. The summed E-state index contributed by atoms with van der Waals surface area (Å²) in [6.07, 6.45) is 3.83. The Balaban J connectivity index is 1.92. The minimum atomic E-state index is -0.632. The number of likely N-dealkylation sites (tertiary alicyclic amines) is 1. The highest BCUT2D eigenvalue weighted by atomic mass is 16.4. The minimum Gasteiger partial charge on any atom is -0.481 e. The van der Waals surface area contributed by atoms with Crippen molar-refractivity contribution in [3.63, 3.8) is 0 Å². The highest BCUT2D eigenvalue weighted by Crippen LogP contribution is 2.47. The Morgan fingerprint density at radius 1 is 1.47 bits per heavy atom. The van der Waals surface area contributed by atoms with Crippen LogP contribution in [0, 0.1) is 11.3 Å². The Hall–Kier alpha value is -0.610. The van der Waals surface area contributed by atoms with Crippen molar-refractivity contribution < 1.29 is 15.0 Å². The number of nitrogens with zero attached hydrogens (tertiary/aromatic N) is 1. The van der Waals surface area contributed by atoms with Crippen LogP contribution >= 0.6 is 0 Å². The van der Waals surface area contributed by atoms with Gasteiger partial charge in [0.2, 0.25) is 0 Å². The monoisotopic (exact) mass is 213 g/mol. The van der Waals surface area contributed by atoms with E-state index in [-0.39, 0.29) is 17.9 Å². The number of β-amino-alcohol motifs (C(OH)–C–C–N with tert-alkyl or cyclic N) is 1. The van der Waals surface area contributed by atoms with Crippen LogP contribution in [0.2, 0.25) is 0 Å². The molecule has 2 fully saturated rings. The van der Waals surface area contributed by atoms with Crippen molar-refractivity contribution in [1.29, 1.82) is 0 Å². The number of hydrogen-bond donors (Lipinski definition) is 2. The lowest BCUT2D eigenvalue weighted by Gasteiger charge is -2.23. The van der Waals surface area contributed by atoms with Gasteiger partial charge in [0.25, 0.3) is 0 Å². The molecular formula is C11H19NO3. The van der Waals surface area contributed by atoms with Gasteiger partial charge < -0.3 is 15.1 Å². The molecule has 0 aromatic carbocycles. The predicted octanol–water partition coefficient (Wildman–Crippen LogP) is 0.556. The Morgan fingerprint density at radius 3 is 2.87 bits per heavy atom. The fraction of sp³-hybridized carbons (Fsp3) is 0.909. The predicted molar refractivity (Wildman–Crippen MR) is 55.6 cm³/mol. The molecule has 1 saturated carbocycles. The number of hydrogen-bond acceptors (Lipinski definition) is 3. The molecule has 0 amide bonds. The third-order valence-corrected chi connectivity index (χ3v) is 3.99. The maximum atomic E-state index is 10.9. The first-order valence-corrected chi connectivity index (χ1v) is 5.71. The SMILES string of the molecule is O=C(O)C1CCC2(CCN(CCO)C2)C1. The number of carboxylic acid groups (broad SMARTS) is 1.